The summed E-state index contributed by atoms with van der Waals surface area (Å²) in [7, 11) is 0. The van der Waals surface area contributed by atoms with Crippen molar-refractivity contribution >= 4 is 28.4 Å². The van der Waals surface area contributed by atoms with Gasteiger partial charge in [0.15, 0.2) is 0 Å². The first-order chi connectivity index (χ1) is 18.3. The fraction of sp³-hybridized carbons (Fsp3) is 0.194. The number of hydrogen-bond donors (Lipinski definition) is 4. The standard InChI is InChI=1S/C31H27N3O4/c1-31(12-2-3-20-14-21(20)17-31)28(37)13-18-4-6-19(7-5-18)29-33-25-11-8-22(15-26(25)34-29)32-30(38)24-10-9-23(35)16-27(24)36/h2,4-12,14-16,21,35-36H,3,13,17H2,1H3,(H,32,38)(H,33,34). The van der Waals surface area contributed by atoms with Gasteiger partial charge in [0.1, 0.15) is 23.1 Å². The number of carbonyl (C=O) groups excluding carboxylic acids is 2. The average molecular weight is 506 g/mol. The molecular formula is C31H27N3O4. The summed E-state index contributed by atoms with van der Waals surface area (Å²) in [6.07, 6.45) is 8.73. The van der Waals surface area contributed by atoms with Crippen LogP contribution >= 0.6 is 0 Å². The van der Waals surface area contributed by atoms with Gasteiger partial charge in [0, 0.05) is 29.2 Å². The predicted octanol–water partition coefficient (Wildman–Crippen LogP) is 5.92. The maximum atomic E-state index is 13.2. The summed E-state index contributed by atoms with van der Waals surface area (Å²) in [5.41, 5.74) is 4.98. The number of aromatic nitrogens is 2. The summed E-state index contributed by atoms with van der Waals surface area (Å²) >= 11 is 0. The lowest BCUT2D eigenvalue weighted by Gasteiger charge is -2.24. The number of hydrogen-bond acceptors (Lipinski definition) is 5. The number of anilines is 1. The SMILES string of the molecule is CC1(C(=O)Cc2ccc(-c3nc4ccc(NC(=O)c5ccc(O)cc5O)cc4[nH]3)cc2)C=CCC2=CC2C1. The minimum Gasteiger partial charge on any atom is -0.508 e. The zero-order valence-corrected chi connectivity index (χ0v) is 20.9. The van der Waals surface area contributed by atoms with Crippen LogP contribution in [0.1, 0.15) is 35.7 Å². The lowest BCUT2D eigenvalue weighted by atomic mass is 9.78. The van der Waals surface area contributed by atoms with E-state index in [1.165, 1.54) is 17.7 Å². The van der Waals surface area contributed by atoms with Gasteiger partial charge in [0.25, 0.3) is 5.91 Å². The Bertz CT molecular complexity index is 1650. The highest BCUT2D eigenvalue weighted by Gasteiger charge is 2.38. The lowest BCUT2D eigenvalue weighted by Crippen LogP contribution is -2.28. The highest BCUT2D eigenvalue weighted by molar-refractivity contribution is 6.06. The number of imidazole rings is 1. The Labute approximate surface area is 219 Å². The van der Waals surface area contributed by atoms with Gasteiger partial charge in [-0.1, -0.05) is 48.1 Å². The second kappa shape index (κ2) is 9.03. The van der Waals surface area contributed by atoms with Crippen molar-refractivity contribution in [2.45, 2.75) is 26.2 Å². The Kier molecular flexibility index (Phi) is 5.64. The van der Waals surface area contributed by atoms with E-state index in [1.807, 2.05) is 31.2 Å². The summed E-state index contributed by atoms with van der Waals surface area (Å²) in [4.78, 5) is 33.7. The molecule has 38 heavy (non-hydrogen) atoms. The first-order valence-electron chi connectivity index (χ1n) is 12.6. The van der Waals surface area contributed by atoms with E-state index in [0.717, 1.165) is 41.1 Å². The van der Waals surface area contributed by atoms with Crippen molar-refractivity contribution in [3.05, 3.63) is 95.6 Å². The Morgan fingerprint density at radius 1 is 1.08 bits per heavy atom. The van der Waals surface area contributed by atoms with Crippen molar-refractivity contribution in [3.8, 4) is 22.9 Å². The van der Waals surface area contributed by atoms with Crippen molar-refractivity contribution in [3.63, 3.8) is 0 Å². The van der Waals surface area contributed by atoms with Gasteiger partial charge in [-0.2, -0.15) is 0 Å². The number of phenols is 2. The lowest BCUT2D eigenvalue weighted by molar-refractivity contribution is -0.125. The van der Waals surface area contributed by atoms with E-state index in [9.17, 15) is 19.8 Å². The van der Waals surface area contributed by atoms with E-state index in [2.05, 4.69) is 33.5 Å². The average Bonchev–Trinajstić information content (AvgIpc) is 3.50. The summed E-state index contributed by atoms with van der Waals surface area (Å²) in [6, 6.07) is 17.0. The van der Waals surface area contributed by atoms with E-state index in [1.54, 1.807) is 18.2 Å². The summed E-state index contributed by atoms with van der Waals surface area (Å²) in [6.45, 7) is 2.05. The highest BCUT2D eigenvalue weighted by atomic mass is 16.3. The fourth-order valence-electron chi connectivity index (χ4n) is 5.11. The minimum absolute atomic E-state index is 0.0600. The van der Waals surface area contributed by atoms with Crippen LogP contribution in [-0.2, 0) is 11.2 Å². The normalized spacial score (nSPS) is 19.9. The molecule has 4 N–H and O–H groups in total. The van der Waals surface area contributed by atoms with Crippen LogP contribution in [-0.4, -0.2) is 31.9 Å². The van der Waals surface area contributed by atoms with Crippen LogP contribution in [0.3, 0.4) is 0 Å². The number of fused-ring (bicyclic) bond motifs is 2. The molecule has 1 heterocycles. The fourth-order valence-corrected chi connectivity index (χ4v) is 5.11. The van der Waals surface area contributed by atoms with E-state index in [-0.39, 0.29) is 22.8 Å². The Hall–Kier alpha value is -4.65. The molecule has 0 radical (unpaired) electrons. The van der Waals surface area contributed by atoms with Gasteiger partial charge in [0.05, 0.1) is 16.6 Å². The van der Waals surface area contributed by atoms with Gasteiger partial charge in [-0.15, -0.1) is 0 Å². The van der Waals surface area contributed by atoms with Crippen LogP contribution < -0.4 is 5.32 Å². The number of ketones is 1. The maximum absolute atomic E-state index is 13.2. The number of benzene rings is 3. The predicted molar refractivity (Wildman–Crippen MR) is 146 cm³/mol. The largest absolute Gasteiger partial charge is 0.508 e. The van der Waals surface area contributed by atoms with Crippen LogP contribution in [0.4, 0.5) is 5.69 Å². The number of Topliss-reactive ketones (excluding diaryl/α,β-unsaturated/α-hetero) is 1. The molecular weight excluding hydrogens is 478 g/mol. The van der Waals surface area contributed by atoms with Crippen molar-refractivity contribution in [2.75, 3.05) is 5.32 Å². The van der Waals surface area contributed by atoms with E-state index in [0.29, 0.717) is 23.9 Å². The van der Waals surface area contributed by atoms with E-state index >= 15 is 0 Å². The first kappa shape index (κ1) is 23.7. The molecule has 190 valence electrons. The molecule has 2 aliphatic rings. The molecule has 0 saturated heterocycles. The number of aromatic hydroxyl groups is 2. The number of aromatic amines is 1. The quantitative estimate of drug-likeness (QED) is 0.243. The summed E-state index contributed by atoms with van der Waals surface area (Å²) in [5.74, 6) is 0.499. The third-order valence-corrected chi connectivity index (χ3v) is 7.46. The third kappa shape index (κ3) is 4.59. The number of nitrogens with one attached hydrogen (secondary N) is 2. The topological polar surface area (TPSA) is 115 Å². The van der Waals surface area contributed by atoms with E-state index in [4.69, 9.17) is 0 Å². The molecule has 2 aliphatic carbocycles. The molecule has 2 unspecified atom stereocenters. The first-order valence-corrected chi connectivity index (χ1v) is 12.6. The molecule has 6 rings (SSSR count). The van der Waals surface area contributed by atoms with Crippen molar-refractivity contribution in [1.29, 1.82) is 0 Å². The van der Waals surface area contributed by atoms with Gasteiger partial charge in [0.2, 0.25) is 0 Å². The summed E-state index contributed by atoms with van der Waals surface area (Å²) < 4.78 is 0. The minimum atomic E-state index is -0.492. The molecule has 4 aromatic rings. The van der Waals surface area contributed by atoms with Crippen molar-refractivity contribution in [2.24, 2.45) is 11.3 Å². The molecule has 7 heteroatoms. The van der Waals surface area contributed by atoms with Gasteiger partial charge in [-0.05, 0) is 61.6 Å². The number of phenolic OH excluding ortho intramolecular Hbond substituents is 2. The van der Waals surface area contributed by atoms with Crippen LogP contribution in [0.5, 0.6) is 11.5 Å². The second-order valence-corrected chi connectivity index (χ2v) is 10.3. The molecule has 2 atom stereocenters. The van der Waals surface area contributed by atoms with Crippen molar-refractivity contribution < 1.29 is 19.8 Å². The molecule has 1 amide bonds. The number of rotatable bonds is 6. The molecule has 1 aromatic heterocycles. The number of allylic oxidation sites excluding steroid dienone is 4. The maximum Gasteiger partial charge on any atom is 0.259 e. The molecule has 0 saturated carbocycles. The molecule has 0 aliphatic heterocycles. The highest BCUT2D eigenvalue weighted by Crippen LogP contribution is 2.45. The number of H-pyrrole nitrogens is 1. The molecule has 7 nitrogen and oxygen atoms in total. The zero-order chi connectivity index (χ0) is 26.4. The van der Waals surface area contributed by atoms with Crippen LogP contribution in [0, 0.1) is 11.3 Å². The summed E-state index contributed by atoms with van der Waals surface area (Å²) in [5, 5.41) is 22.1. The Morgan fingerprint density at radius 2 is 1.89 bits per heavy atom. The van der Waals surface area contributed by atoms with Crippen molar-refractivity contribution in [1.82, 2.24) is 9.97 Å². The third-order valence-electron chi connectivity index (χ3n) is 7.46. The van der Waals surface area contributed by atoms with Gasteiger partial charge in [-0.25, -0.2) is 4.98 Å². The van der Waals surface area contributed by atoms with Gasteiger partial charge < -0.3 is 20.5 Å². The van der Waals surface area contributed by atoms with Gasteiger partial charge in [-0.3, -0.25) is 9.59 Å². The number of amides is 1. The van der Waals surface area contributed by atoms with Crippen LogP contribution in [0.15, 0.2) is 84.5 Å². The van der Waals surface area contributed by atoms with Crippen LogP contribution in [0.25, 0.3) is 22.4 Å². The van der Waals surface area contributed by atoms with E-state index < -0.39 is 11.3 Å². The number of nitrogens with zero attached hydrogens (tertiary/aromatic N) is 1. The molecule has 0 fully saturated rings. The number of carbonyl (C=O) groups is 2. The zero-order valence-electron chi connectivity index (χ0n) is 20.9. The molecule has 0 spiro atoms. The smallest absolute Gasteiger partial charge is 0.259 e. The Morgan fingerprint density at radius 3 is 2.68 bits per heavy atom. The van der Waals surface area contributed by atoms with Gasteiger partial charge >= 0.3 is 0 Å². The molecule has 3 aromatic carbocycles. The van der Waals surface area contributed by atoms with Crippen LogP contribution in [0.2, 0.25) is 0 Å². The monoisotopic (exact) mass is 505 g/mol. The Balaban J connectivity index is 1.15. The molecule has 0 bridgehead atoms. The second-order valence-electron chi connectivity index (χ2n) is 10.3.